The molecule has 2 N–H and O–H groups in total. The Labute approximate surface area is 86.5 Å². The van der Waals surface area contributed by atoms with Crippen LogP contribution in [0.5, 0.6) is 0 Å². The molecule has 6 heteroatoms. The standard InChI is InChI=1S/C9H12N2O4/c1-5-7(13)10-9(14)11-2-6(3-12)4-15-8(5)11/h2,5,8,12H,3-4H2,1H3,(H,10,13,14). The van der Waals surface area contributed by atoms with Gasteiger partial charge >= 0.3 is 6.03 Å². The van der Waals surface area contributed by atoms with E-state index in [1.807, 2.05) is 0 Å². The molecule has 0 aromatic heterocycles. The van der Waals surface area contributed by atoms with Crippen LogP contribution in [0.15, 0.2) is 11.8 Å². The summed E-state index contributed by atoms with van der Waals surface area (Å²) in [7, 11) is 0. The van der Waals surface area contributed by atoms with E-state index in [4.69, 9.17) is 9.84 Å². The molecule has 0 radical (unpaired) electrons. The Morgan fingerprint density at radius 2 is 2.40 bits per heavy atom. The van der Waals surface area contributed by atoms with Gasteiger partial charge < -0.3 is 9.84 Å². The van der Waals surface area contributed by atoms with Crippen LogP contribution in [-0.4, -0.2) is 41.4 Å². The molecule has 2 heterocycles. The fourth-order valence-electron chi connectivity index (χ4n) is 1.64. The molecule has 0 aromatic rings. The molecule has 6 nitrogen and oxygen atoms in total. The predicted octanol–water partition coefficient (Wildman–Crippen LogP) is -0.593. The van der Waals surface area contributed by atoms with Gasteiger partial charge in [0.1, 0.15) is 6.23 Å². The average Bonchev–Trinajstić information content (AvgIpc) is 2.25. The van der Waals surface area contributed by atoms with Gasteiger partial charge in [0.05, 0.1) is 19.1 Å². The first-order valence-corrected chi connectivity index (χ1v) is 4.68. The third kappa shape index (κ3) is 1.62. The summed E-state index contributed by atoms with van der Waals surface area (Å²) in [6.45, 7) is 1.79. The second kappa shape index (κ2) is 3.63. The van der Waals surface area contributed by atoms with Crippen LogP contribution >= 0.6 is 0 Å². The molecule has 2 unspecified atom stereocenters. The first-order chi connectivity index (χ1) is 7.13. The largest absolute Gasteiger partial charge is 0.392 e. The molecule has 2 aliphatic rings. The number of rotatable bonds is 1. The Morgan fingerprint density at radius 3 is 3.07 bits per heavy atom. The van der Waals surface area contributed by atoms with Crippen LogP contribution in [0, 0.1) is 5.92 Å². The summed E-state index contributed by atoms with van der Waals surface area (Å²) in [5.41, 5.74) is 0.614. The van der Waals surface area contributed by atoms with Crippen molar-refractivity contribution in [1.29, 1.82) is 0 Å². The minimum Gasteiger partial charge on any atom is -0.392 e. The van der Waals surface area contributed by atoms with Crippen molar-refractivity contribution in [2.24, 2.45) is 5.92 Å². The summed E-state index contributed by atoms with van der Waals surface area (Å²) in [6, 6.07) is -0.506. The Kier molecular flexibility index (Phi) is 2.45. The zero-order chi connectivity index (χ0) is 11.0. The van der Waals surface area contributed by atoms with E-state index in [9.17, 15) is 9.59 Å². The Hall–Kier alpha value is -1.40. The SMILES string of the molecule is CC1C(=O)NC(=O)N2C=C(CO)COC12. The van der Waals surface area contributed by atoms with Crippen LogP contribution in [0.4, 0.5) is 4.79 Å². The van der Waals surface area contributed by atoms with Crippen molar-refractivity contribution in [3.63, 3.8) is 0 Å². The lowest BCUT2D eigenvalue weighted by atomic mass is 10.1. The summed E-state index contributed by atoms with van der Waals surface area (Å²) in [5, 5.41) is 11.1. The van der Waals surface area contributed by atoms with E-state index < -0.39 is 18.2 Å². The minimum absolute atomic E-state index is 0.154. The van der Waals surface area contributed by atoms with E-state index in [1.54, 1.807) is 6.92 Å². The molecule has 0 aliphatic carbocycles. The number of nitrogens with one attached hydrogen (secondary N) is 1. The van der Waals surface area contributed by atoms with Gasteiger partial charge in [-0.25, -0.2) is 4.79 Å². The number of urea groups is 1. The van der Waals surface area contributed by atoms with Crippen LogP contribution in [0.3, 0.4) is 0 Å². The van der Waals surface area contributed by atoms with E-state index >= 15 is 0 Å². The Balaban J connectivity index is 2.26. The summed E-state index contributed by atoms with van der Waals surface area (Å²) in [5.74, 6) is -0.735. The van der Waals surface area contributed by atoms with E-state index in [-0.39, 0.29) is 19.1 Å². The Morgan fingerprint density at radius 1 is 1.67 bits per heavy atom. The van der Waals surface area contributed by atoms with Crippen LogP contribution in [0.1, 0.15) is 6.92 Å². The van der Waals surface area contributed by atoms with Crippen molar-refractivity contribution in [1.82, 2.24) is 10.2 Å². The van der Waals surface area contributed by atoms with Crippen molar-refractivity contribution in [2.45, 2.75) is 13.2 Å². The minimum atomic E-state index is -0.554. The number of imide groups is 1. The molecule has 2 atom stereocenters. The summed E-state index contributed by atoms with van der Waals surface area (Å²) in [6.07, 6.45) is 0.980. The van der Waals surface area contributed by atoms with Crippen LogP contribution in [-0.2, 0) is 9.53 Å². The number of hydrogen-bond acceptors (Lipinski definition) is 4. The molecule has 0 saturated carbocycles. The fraction of sp³-hybridized carbons (Fsp3) is 0.556. The first-order valence-electron chi connectivity index (χ1n) is 4.68. The molecule has 82 valence electrons. The smallest absolute Gasteiger partial charge is 0.330 e. The molecule has 2 rings (SSSR count). The van der Waals surface area contributed by atoms with Crippen molar-refractivity contribution in [2.75, 3.05) is 13.2 Å². The highest BCUT2D eigenvalue weighted by Crippen LogP contribution is 2.23. The van der Waals surface area contributed by atoms with Gasteiger partial charge in [0.2, 0.25) is 5.91 Å². The summed E-state index contributed by atoms with van der Waals surface area (Å²) < 4.78 is 5.35. The van der Waals surface area contributed by atoms with E-state index in [1.165, 1.54) is 11.1 Å². The number of nitrogens with zero attached hydrogens (tertiary/aromatic N) is 1. The van der Waals surface area contributed by atoms with Crippen LogP contribution in [0.2, 0.25) is 0 Å². The number of carbonyl (C=O) groups is 2. The maximum atomic E-state index is 11.4. The normalized spacial score (nSPS) is 30.8. The molecular formula is C9H12N2O4. The number of amides is 3. The van der Waals surface area contributed by atoms with Gasteiger partial charge in [-0.2, -0.15) is 0 Å². The van der Waals surface area contributed by atoms with Gasteiger partial charge in [-0.3, -0.25) is 15.0 Å². The van der Waals surface area contributed by atoms with Gasteiger partial charge in [0.15, 0.2) is 0 Å². The van der Waals surface area contributed by atoms with Crippen molar-refractivity contribution < 1.29 is 19.4 Å². The van der Waals surface area contributed by atoms with Gasteiger partial charge in [-0.1, -0.05) is 0 Å². The van der Waals surface area contributed by atoms with Crippen LogP contribution < -0.4 is 5.32 Å². The number of carbonyl (C=O) groups excluding carboxylic acids is 2. The first kappa shape index (κ1) is 10.1. The lowest BCUT2D eigenvalue weighted by Crippen LogP contribution is -2.59. The zero-order valence-electron chi connectivity index (χ0n) is 8.27. The second-order valence-corrected chi connectivity index (χ2v) is 3.64. The maximum Gasteiger partial charge on any atom is 0.330 e. The predicted molar refractivity (Wildman–Crippen MR) is 49.5 cm³/mol. The monoisotopic (exact) mass is 212 g/mol. The topological polar surface area (TPSA) is 78.9 Å². The zero-order valence-corrected chi connectivity index (χ0v) is 8.27. The summed E-state index contributed by atoms with van der Waals surface area (Å²) >= 11 is 0. The number of ether oxygens (including phenoxy) is 1. The highest BCUT2D eigenvalue weighted by molar-refractivity contribution is 5.98. The van der Waals surface area contributed by atoms with Gasteiger partial charge in [0.25, 0.3) is 0 Å². The Bertz CT molecular complexity index is 339. The van der Waals surface area contributed by atoms with Gasteiger partial charge in [-0.05, 0) is 12.5 Å². The molecule has 3 amide bonds. The van der Waals surface area contributed by atoms with E-state index in [2.05, 4.69) is 5.32 Å². The highest BCUT2D eigenvalue weighted by Gasteiger charge is 2.40. The molecule has 0 aromatic carbocycles. The number of aliphatic hydroxyl groups is 1. The van der Waals surface area contributed by atoms with Gasteiger partial charge in [0, 0.05) is 6.20 Å². The van der Waals surface area contributed by atoms with Crippen molar-refractivity contribution >= 4 is 11.9 Å². The molecule has 15 heavy (non-hydrogen) atoms. The molecule has 2 aliphatic heterocycles. The number of hydrogen-bond donors (Lipinski definition) is 2. The van der Waals surface area contributed by atoms with Crippen molar-refractivity contribution in [3.8, 4) is 0 Å². The summed E-state index contributed by atoms with van der Waals surface area (Å²) in [4.78, 5) is 24.0. The second-order valence-electron chi connectivity index (χ2n) is 3.64. The van der Waals surface area contributed by atoms with Crippen LogP contribution in [0.25, 0.3) is 0 Å². The number of aliphatic hydroxyl groups excluding tert-OH is 1. The third-order valence-electron chi connectivity index (χ3n) is 2.54. The molecule has 1 fully saturated rings. The highest BCUT2D eigenvalue weighted by atomic mass is 16.5. The van der Waals surface area contributed by atoms with Crippen molar-refractivity contribution in [3.05, 3.63) is 11.8 Å². The lowest BCUT2D eigenvalue weighted by molar-refractivity contribution is -0.139. The number of fused-ring (bicyclic) bond motifs is 1. The molecule has 0 bridgehead atoms. The third-order valence-corrected chi connectivity index (χ3v) is 2.54. The average molecular weight is 212 g/mol. The molecular weight excluding hydrogens is 200 g/mol. The fourth-order valence-corrected chi connectivity index (χ4v) is 1.64. The maximum absolute atomic E-state index is 11.4. The molecule has 1 saturated heterocycles. The lowest BCUT2D eigenvalue weighted by Gasteiger charge is -2.39. The quantitative estimate of drug-likeness (QED) is 0.608. The van der Waals surface area contributed by atoms with E-state index in [0.717, 1.165) is 0 Å². The van der Waals surface area contributed by atoms with Gasteiger partial charge in [-0.15, -0.1) is 0 Å². The molecule has 0 spiro atoms. The van der Waals surface area contributed by atoms with E-state index in [0.29, 0.717) is 5.57 Å².